The highest BCUT2D eigenvalue weighted by Crippen LogP contribution is 2.19. The molecule has 0 aliphatic carbocycles. The SMILES string of the molecule is O=C(c1ccnc(Nc2ccc(OCc3ccccc3)cc2)n1)N1CCOCC1. The second kappa shape index (κ2) is 9.16. The first-order valence-corrected chi connectivity index (χ1v) is 9.52. The third kappa shape index (κ3) is 5.08. The zero-order valence-electron chi connectivity index (χ0n) is 16.0. The Kier molecular flexibility index (Phi) is 5.97. The lowest BCUT2D eigenvalue weighted by Crippen LogP contribution is -2.41. The molecule has 0 saturated carbocycles. The first-order valence-electron chi connectivity index (χ1n) is 9.52. The number of hydrogen-bond acceptors (Lipinski definition) is 6. The minimum absolute atomic E-state index is 0.108. The number of amides is 1. The fourth-order valence-corrected chi connectivity index (χ4v) is 2.97. The fourth-order valence-electron chi connectivity index (χ4n) is 2.97. The third-order valence-electron chi connectivity index (χ3n) is 4.53. The molecule has 0 spiro atoms. The van der Waals surface area contributed by atoms with E-state index in [-0.39, 0.29) is 5.91 Å². The van der Waals surface area contributed by atoms with Gasteiger partial charge in [-0.1, -0.05) is 30.3 Å². The summed E-state index contributed by atoms with van der Waals surface area (Å²) in [6.45, 7) is 2.79. The number of morpholine rings is 1. The molecule has 1 aliphatic heterocycles. The Morgan fingerprint density at radius 1 is 1.03 bits per heavy atom. The van der Waals surface area contributed by atoms with Gasteiger partial charge in [-0.05, 0) is 35.9 Å². The van der Waals surface area contributed by atoms with Crippen molar-refractivity contribution in [2.75, 3.05) is 31.6 Å². The van der Waals surface area contributed by atoms with Gasteiger partial charge in [-0.25, -0.2) is 9.97 Å². The van der Waals surface area contributed by atoms with Gasteiger partial charge < -0.3 is 19.7 Å². The van der Waals surface area contributed by atoms with Crippen LogP contribution in [0.2, 0.25) is 0 Å². The lowest BCUT2D eigenvalue weighted by Gasteiger charge is -2.26. The number of hydrogen-bond donors (Lipinski definition) is 1. The Labute approximate surface area is 169 Å². The first kappa shape index (κ1) is 18.9. The van der Waals surface area contributed by atoms with Crippen molar-refractivity contribution in [3.63, 3.8) is 0 Å². The van der Waals surface area contributed by atoms with Crippen molar-refractivity contribution in [2.45, 2.75) is 6.61 Å². The number of nitrogens with one attached hydrogen (secondary N) is 1. The topological polar surface area (TPSA) is 76.6 Å². The van der Waals surface area contributed by atoms with Crippen LogP contribution < -0.4 is 10.1 Å². The maximum absolute atomic E-state index is 12.6. The number of rotatable bonds is 6. The Morgan fingerprint density at radius 2 is 1.79 bits per heavy atom. The summed E-state index contributed by atoms with van der Waals surface area (Å²) in [6, 6.07) is 19.2. The van der Waals surface area contributed by atoms with Crippen LogP contribution >= 0.6 is 0 Å². The normalized spacial score (nSPS) is 13.7. The van der Waals surface area contributed by atoms with Crippen molar-refractivity contribution in [1.29, 1.82) is 0 Å². The molecule has 4 rings (SSSR count). The average Bonchev–Trinajstić information content (AvgIpc) is 2.79. The Morgan fingerprint density at radius 3 is 2.55 bits per heavy atom. The van der Waals surface area contributed by atoms with E-state index in [2.05, 4.69) is 15.3 Å². The quantitative estimate of drug-likeness (QED) is 0.696. The largest absolute Gasteiger partial charge is 0.489 e. The summed E-state index contributed by atoms with van der Waals surface area (Å²) in [6.07, 6.45) is 1.58. The predicted octanol–water partition coefficient (Wildman–Crippen LogP) is 3.27. The lowest BCUT2D eigenvalue weighted by atomic mass is 10.2. The monoisotopic (exact) mass is 390 g/mol. The summed E-state index contributed by atoms with van der Waals surface area (Å²) in [5.74, 6) is 1.04. The molecule has 1 N–H and O–H groups in total. The summed E-state index contributed by atoms with van der Waals surface area (Å²) >= 11 is 0. The zero-order valence-corrected chi connectivity index (χ0v) is 16.0. The van der Waals surface area contributed by atoms with Crippen LogP contribution in [0.5, 0.6) is 5.75 Å². The molecule has 148 valence electrons. The molecule has 2 heterocycles. The third-order valence-corrected chi connectivity index (χ3v) is 4.53. The van der Waals surface area contributed by atoms with Crippen LogP contribution in [0.1, 0.15) is 16.1 Å². The molecule has 0 unspecified atom stereocenters. The van der Waals surface area contributed by atoms with Crippen LogP contribution in [0.15, 0.2) is 66.9 Å². The number of anilines is 2. The van der Waals surface area contributed by atoms with E-state index in [4.69, 9.17) is 9.47 Å². The molecule has 1 fully saturated rings. The minimum atomic E-state index is -0.108. The number of nitrogens with zero attached hydrogens (tertiary/aromatic N) is 3. The minimum Gasteiger partial charge on any atom is -0.489 e. The number of aromatic nitrogens is 2. The number of carbonyl (C=O) groups excluding carboxylic acids is 1. The maximum atomic E-state index is 12.6. The molecule has 0 radical (unpaired) electrons. The predicted molar refractivity (Wildman–Crippen MR) is 109 cm³/mol. The van der Waals surface area contributed by atoms with Gasteiger partial charge in [0, 0.05) is 25.0 Å². The lowest BCUT2D eigenvalue weighted by molar-refractivity contribution is 0.0299. The van der Waals surface area contributed by atoms with Gasteiger partial charge >= 0.3 is 0 Å². The summed E-state index contributed by atoms with van der Waals surface area (Å²) in [7, 11) is 0. The van der Waals surface area contributed by atoms with Gasteiger partial charge in [0.15, 0.2) is 0 Å². The van der Waals surface area contributed by atoms with Crippen LogP contribution in [-0.2, 0) is 11.3 Å². The van der Waals surface area contributed by atoms with Gasteiger partial charge in [0.1, 0.15) is 18.1 Å². The van der Waals surface area contributed by atoms with Gasteiger partial charge in [0.05, 0.1) is 13.2 Å². The van der Waals surface area contributed by atoms with Gasteiger partial charge in [-0.3, -0.25) is 4.79 Å². The van der Waals surface area contributed by atoms with Crippen molar-refractivity contribution < 1.29 is 14.3 Å². The van der Waals surface area contributed by atoms with Crippen molar-refractivity contribution in [3.05, 3.63) is 78.1 Å². The van der Waals surface area contributed by atoms with Crippen LogP contribution in [-0.4, -0.2) is 47.1 Å². The van der Waals surface area contributed by atoms with E-state index in [9.17, 15) is 4.79 Å². The van der Waals surface area contributed by atoms with Crippen LogP contribution in [0.3, 0.4) is 0 Å². The first-order chi connectivity index (χ1) is 14.3. The Bertz CT molecular complexity index is 942. The molecule has 3 aromatic rings. The van der Waals surface area contributed by atoms with Crippen LogP contribution in [0.4, 0.5) is 11.6 Å². The molecule has 1 saturated heterocycles. The molecule has 29 heavy (non-hydrogen) atoms. The Balaban J connectivity index is 1.37. The highest BCUT2D eigenvalue weighted by molar-refractivity contribution is 5.92. The van der Waals surface area contributed by atoms with E-state index < -0.39 is 0 Å². The fraction of sp³-hybridized carbons (Fsp3) is 0.227. The average molecular weight is 390 g/mol. The highest BCUT2D eigenvalue weighted by atomic mass is 16.5. The second-order valence-corrected chi connectivity index (χ2v) is 6.59. The molecule has 7 heteroatoms. The van der Waals surface area contributed by atoms with Gasteiger partial charge in [-0.2, -0.15) is 0 Å². The molecular formula is C22H22N4O3. The number of carbonyl (C=O) groups is 1. The standard InChI is InChI=1S/C22H22N4O3/c27-21(26-12-14-28-15-13-26)20-10-11-23-22(25-20)24-18-6-8-19(9-7-18)29-16-17-4-2-1-3-5-17/h1-11H,12-16H2,(H,23,24,25). The van der Waals surface area contributed by atoms with Gasteiger partial charge in [0.2, 0.25) is 5.95 Å². The zero-order chi connectivity index (χ0) is 19.9. The molecule has 0 atom stereocenters. The molecule has 1 amide bonds. The molecular weight excluding hydrogens is 368 g/mol. The molecule has 7 nitrogen and oxygen atoms in total. The summed E-state index contributed by atoms with van der Waals surface area (Å²) in [5, 5.41) is 3.13. The van der Waals surface area contributed by atoms with Crippen molar-refractivity contribution in [3.8, 4) is 5.75 Å². The summed E-state index contributed by atoms with van der Waals surface area (Å²) in [4.78, 5) is 22.9. The van der Waals surface area contributed by atoms with Crippen LogP contribution in [0.25, 0.3) is 0 Å². The van der Waals surface area contributed by atoms with E-state index in [1.807, 2.05) is 54.6 Å². The van der Waals surface area contributed by atoms with Crippen molar-refractivity contribution >= 4 is 17.5 Å². The van der Waals surface area contributed by atoms with E-state index in [0.717, 1.165) is 17.0 Å². The second-order valence-electron chi connectivity index (χ2n) is 6.59. The van der Waals surface area contributed by atoms with Crippen molar-refractivity contribution in [2.24, 2.45) is 0 Å². The molecule has 1 aromatic heterocycles. The number of benzene rings is 2. The summed E-state index contributed by atoms with van der Waals surface area (Å²) < 4.78 is 11.1. The Hall–Kier alpha value is -3.45. The summed E-state index contributed by atoms with van der Waals surface area (Å²) in [5.41, 5.74) is 2.30. The maximum Gasteiger partial charge on any atom is 0.272 e. The van der Waals surface area contributed by atoms with Crippen molar-refractivity contribution in [1.82, 2.24) is 14.9 Å². The molecule has 0 bridgehead atoms. The van der Waals surface area contributed by atoms with E-state index in [1.54, 1.807) is 17.2 Å². The molecule has 2 aromatic carbocycles. The smallest absolute Gasteiger partial charge is 0.272 e. The number of ether oxygens (including phenoxy) is 2. The molecule has 1 aliphatic rings. The van der Waals surface area contributed by atoms with Gasteiger partial charge in [-0.15, -0.1) is 0 Å². The van der Waals surface area contributed by atoms with E-state index >= 15 is 0 Å². The van der Waals surface area contributed by atoms with Crippen LogP contribution in [0, 0.1) is 0 Å². The van der Waals surface area contributed by atoms with E-state index in [0.29, 0.717) is 44.6 Å². The highest BCUT2D eigenvalue weighted by Gasteiger charge is 2.20. The van der Waals surface area contributed by atoms with E-state index in [1.165, 1.54) is 0 Å². The van der Waals surface area contributed by atoms with Gasteiger partial charge in [0.25, 0.3) is 5.91 Å².